The lowest BCUT2D eigenvalue weighted by Crippen LogP contribution is -2.20. The van der Waals surface area contributed by atoms with Crippen molar-refractivity contribution in [2.45, 2.75) is 13.8 Å². The number of aryl methyl sites for hydroxylation is 2. The number of ether oxygens (including phenoxy) is 1. The van der Waals surface area contributed by atoms with Gasteiger partial charge in [0.15, 0.2) is 6.61 Å². The fourth-order valence-corrected chi connectivity index (χ4v) is 1.78. The van der Waals surface area contributed by atoms with Crippen LogP contribution in [0.2, 0.25) is 0 Å². The number of nitrogens with one attached hydrogen (secondary N) is 1. The lowest BCUT2D eigenvalue weighted by Gasteiger charge is -2.08. The van der Waals surface area contributed by atoms with Crippen molar-refractivity contribution in [3.63, 3.8) is 0 Å². The number of anilines is 1. The monoisotopic (exact) mass is 273 g/mol. The van der Waals surface area contributed by atoms with Crippen LogP contribution in [0.4, 0.5) is 10.1 Å². The summed E-state index contributed by atoms with van der Waals surface area (Å²) in [6.45, 7) is 3.49. The molecule has 0 saturated heterocycles. The third-order valence-corrected chi connectivity index (χ3v) is 2.80. The van der Waals surface area contributed by atoms with Crippen LogP contribution in [0, 0.1) is 19.7 Å². The van der Waals surface area contributed by atoms with Gasteiger partial charge in [-0.05, 0) is 55.3 Å². The Morgan fingerprint density at radius 2 is 2.00 bits per heavy atom. The molecule has 0 aromatic heterocycles. The average Bonchev–Trinajstić information content (AvgIpc) is 2.40. The van der Waals surface area contributed by atoms with Crippen molar-refractivity contribution in [2.75, 3.05) is 11.9 Å². The van der Waals surface area contributed by atoms with Crippen LogP contribution in [0.25, 0.3) is 0 Å². The molecule has 2 aromatic rings. The first-order chi connectivity index (χ1) is 9.54. The van der Waals surface area contributed by atoms with Gasteiger partial charge in [-0.3, -0.25) is 4.79 Å². The smallest absolute Gasteiger partial charge is 0.262 e. The van der Waals surface area contributed by atoms with Crippen LogP contribution in [0.1, 0.15) is 11.1 Å². The Morgan fingerprint density at radius 1 is 1.20 bits per heavy atom. The van der Waals surface area contributed by atoms with Gasteiger partial charge < -0.3 is 10.1 Å². The maximum absolute atomic E-state index is 13.1. The fraction of sp³-hybridized carbons (Fsp3) is 0.188. The molecule has 2 aromatic carbocycles. The lowest BCUT2D eigenvalue weighted by molar-refractivity contribution is -0.118. The predicted molar refractivity (Wildman–Crippen MR) is 76.4 cm³/mol. The first kappa shape index (κ1) is 14.1. The minimum atomic E-state index is -0.290. The van der Waals surface area contributed by atoms with Gasteiger partial charge in [-0.15, -0.1) is 0 Å². The first-order valence-electron chi connectivity index (χ1n) is 6.30. The molecule has 0 aliphatic rings. The highest BCUT2D eigenvalue weighted by Crippen LogP contribution is 2.16. The number of halogens is 1. The number of rotatable bonds is 4. The number of benzene rings is 2. The predicted octanol–water partition coefficient (Wildman–Crippen LogP) is 3.46. The number of carbonyl (C=O) groups is 1. The summed E-state index contributed by atoms with van der Waals surface area (Å²) in [5.41, 5.74) is 2.29. The molecule has 1 amide bonds. The van der Waals surface area contributed by atoms with Gasteiger partial charge in [-0.25, -0.2) is 4.39 Å². The van der Waals surface area contributed by atoms with E-state index in [-0.39, 0.29) is 18.3 Å². The van der Waals surface area contributed by atoms with E-state index in [4.69, 9.17) is 4.74 Å². The van der Waals surface area contributed by atoms with Crippen LogP contribution in [-0.4, -0.2) is 12.5 Å². The molecule has 0 aliphatic carbocycles. The maximum atomic E-state index is 13.1. The number of carbonyl (C=O) groups excluding carboxylic acids is 1. The molecule has 0 aliphatic heterocycles. The molecule has 2 rings (SSSR count). The van der Waals surface area contributed by atoms with Gasteiger partial charge in [-0.1, -0.05) is 12.1 Å². The Balaban J connectivity index is 1.90. The van der Waals surface area contributed by atoms with E-state index in [1.54, 1.807) is 13.0 Å². The zero-order valence-corrected chi connectivity index (χ0v) is 11.4. The molecule has 0 spiro atoms. The number of amides is 1. The SMILES string of the molecule is Cc1cccc(NC(=O)COc2ccc(F)c(C)c2)c1. The molecule has 0 unspecified atom stereocenters. The van der Waals surface area contributed by atoms with E-state index in [0.717, 1.165) is 11.3 Å². The Bertz CT molecular complexity index is 626. The van der Waals surface area contributed by atoms with Gasteiger partial charge in [-0.2, -0.15) is 0 Å². The van der Waals surface area contributed by atoms with Gasteiger partial charge in [0.2, 0.25) is 0 Å². The van der Waals surface area contributed by atoms with E-state index < -0.39 is 0 Å². The molecule has 0 radical (unpaired) electrons. The summed E-state index contributed by atoms with van der Waals surface area (Å²) in [5, 5.41) is 2.74. The molecule has 0 saturated carbocycles. The van der Waals surface area contributed by atoms with Crippen molar-refractivity contribution in [1.29, 1.82) is 0 Å². The van der Waals surface area contributed by atoms with E-state index in [1.807, 2.05) is 31.2 Å². The van der Waals surface area contributed by atoms with E-state index >= 15 is 0 Å². The molecule has 3 nitrogen and oxygen atoms in total. The fourth-order valence-electron chi connectivity index (χ4n) is 1.78. The van der Waals surface area contributed by atoms with E-state index in [1.165, 1.54) is 12.1 Å². The molecule has 0 fully saturated rings. The Morgan fingerprint density at radius 3 is 2.70 bits per heavy atom. The molecule has 0 bridgehead atoms. The molecule has 4 heteroatoms. The quantitative estimate of drug-likeness (QED) is 0.926. The van der Waals surface area contributed by atoms with Crippen LogP contribution >= 0.6 is 0 Å². The highest BCUT2D eigenvalue weighted by Gasteiger charge is 2.05. The molecule has 0 heterocycles. The maximum Gasteiger partial charge on any atom is 0.262 e. The van der Waals surface area contributed by atoms with Gasteiger partial charge in [0.25, 0.3) is 5.91 Å². The second-order valence-electron chi connectivity index (χ2n) is 4.62. The van der Waals surface area contributed by atoms with Gasteiger partial charge in [0, 0.05) is 5.69 Å². The van der Waals surface area contributed by atoms with Gasteiger partial charge in [0.1, 0.15) is 11.6 Å². The minimum Gasteiger partial charge on any atom is -0.484 e. The summed E-state index contributed by atoms with van der Waals surface area (Å²) in [4.78, 5) is 11.7. The lowest BCUT2D eigenvalue weighted by atomic mass is 10.2. The van der Waals surface area contributed by atoms with Crippen LogP contribution in [-0.2, 0) is 4.79 Å². The van der Waals surface area contributed by atoms with Crippen LogP contribution in [0.15, 0.2) is 42.5 Å². The molecule has 1 N–H and O–H groups in total. The van der Waals surface area contributed by atoms with E-state index in [0.29, 0.717) is 11.3 Å². The standard InChI is InChI=1S/C16H16FNO2/c1-11-4-3-5-13(8-11)18-16(19)10-20-14-6-7-15(17)12(2)9-14/h3-9H,10H2,1-2H3,(H,18,19). The number of hydrogen-bond acceptors (Lipinski definition) is 2. The number of hydrogen-bond donors (Lipinski definition) is 1. The van der Waals surface area contributed by atoms with Gasteiger partial charge >= 0.3 is 0 Å². The van der Waals surface area contributed by atoms with Crippen molar-refractivity contribution in [2.24, 2.45) is 0 Å². The summed E-state index contributed by atoms with van der Waals surface area (Å²) >= 11 is 0. The zero-order valence-electron chi connectivity index (χ0n) is 11.4. The highest BCUT2D eigenvalue weighted by molar-refractivity contribution is 5.91. The molecule has 0 atom stereocenters. The average molecular weight is 273 g/mol. The summed E-state index contributed by atoms with van der Waals surface area (Å²) in [7, 11) is 0. The first-order valence-corrected chi connectivity index (χ1v) is 6.30. The van der Waals surface area contributed by atoms with Crippen molar-refractivity contribution in [3.05, 3.63) is 59.4 Å². The third-order valence-electron chi connectivity index (χ3n) is 2.80. The van der Waals surface area contributed by atoms with Crippen molar-refractivity contribution in [1.82, 2.24) is 0 Å². The summed E-state index contributed by atoms with van der Waals surface area (Å²) in [5.74, 6) is -0.0672. The zero-order chi connectivity index (χ0) is 14.5. The molecular weight excluding hydrogens is 257 g/mol. The topological polar surface area (TPSA) is 38.3 Å². The summed E-state index contributed by atoms with van der Waals surface area (Å²) in [6, 6.07) is 11.9. The molecule has 20 heavy (non-hydrogen) atoms. The van der Waals surface area contributed by atoms with Crippen LogP contribution in [0.3, 0.4) is 0 Å². The Labute approximate surface area is 117 Å². The minimum absolute atomic E-state index is 0.112. The second-order valence-corrected chi connectivity index (χ2v) is 4.62. The van der Waals surface area contributed by atoms with E-state index in [9.17, 15) is 9.18 Å². The third kappa shape index (κ3) is 3.82. The largest absolute Gasteiger partial charge is 0.484 e. The summed E-state index contributed by atoms with van der Waals surface area (Å²) < 4.78 is 18.4. The van der Waals surface area contributed by atoms with Crippen molar-refractivity contribution >= 4 is 11.6 Å². The van der Waals surface area contributed by atoms with Crippen molar-refractivity contribution in [3.8, 4) is 5.75 Å². The molecular formula is C16H16FNO2. The van der Waals surface area contributed by atoms with Crippen molar-refractivity contribution < 1.29 is 13.9 Å². The Hall–Kier alpha value is -2.36. The van der Waals surface area contributed by atoms with Crippen LogP contribution in [0.5, 0.6) is 5.75 Å². The normalized spacial score (nSPS) is 10.2. The van der Waals surface area contributed by atoms with Crippen LogP contribution < -0.4 is 10.1 Å². The van der Waals surface area contributed by atoms with E-state index in [2.05, 4.69) is 5.32 Å². The summed E-state index contributed by atoms with van der Waals surface area (Å²) in [6.07, 6.45) is 0. The molecule has 104 valence electrons. The highest BCUT2D eigenvalue weighted by atomic mass is 19.1. The Kier molecular flexibility index (Phi) is 4.35. The second kappa shape index (κ2) is 6.19. The van der Waals surface area contributed by atoms with Gasteiger partial charge in [0.05, 0.1) is 0 Å².